The molecule has 6 nitrogen and oxygen atoms in total. The van der Waals surface area contributed by atoms with Crippen molar-refractivity contribution in [2.24, 2.45) is 5.92 Å². The van der Waals surface area contributed by atoms with Gasteiger partial charge in [0.15, 0.2) is 0 Å². The molecule has 3 rings (SSSR count). The second kappa shape index (κ2) is 8.65. The summed E-state index contributed by atoms with van der Waals surface area (Å²) < 4.78 is 44.1. The Morgan fingerprint density at radius 1 is 1.33 bits per heavy atom. The largest absolute Gasteiger partial charge is 0.456 e. The number of carbonyl (C=O) groups excluding carboxylic acids is 1. The van der Waals surface area contributed by atoms with Gasteiger partial charge in [-0.2, -0.15) is 13.2 Å². The summed E-state index contributed by atoms with van der Waals surface area (Å²) in [5.74, 6) is -0.731. The van der Waals surface area contributed by atoms with Crippen molar-refractivity contribution >= 4 is 44.8 Å². The summed E-state index contributed by atoms with van der Waals surface area (Å²) in [5, 5.41) is 4.40. The highest BCUT2D eigenvalue weighted by Crippen LogP contribution is 2.34. The molecule has 1 unspecified atom stereocenters. The predicted molar refractivity (Wildman–Crippen MR) is 109 cm³/mol. The maximum atomic E-state index is 12.8. The molecule has 30 heavy (non-hydrogen) atoms. The van der Waals surface area contributed by atoms with Crippen molar-refractivity contribution in [3.63, 3.8) is 0 Å². The maximum Gasteiger partial charge on any atom is 0.416 e. The number of carbonyl (C=O) groups is 1. The number of anilines is 1. The van der Waals surface area contributed by atoms with Gasteiger partial charge in [0.1, 0.15) is 23.2 Å². The summed E-state index contributed by atoms with van der Waals surface area (Å²) in [6.45, 7) is 3.23. The van der Waals surface area contributed by atoms with Crippen LogP contribution < -0.4 is 10.9 Å². The molecule has 1 atom stereocenters. The number of hydrogen-bond donors (Lipinski definition) is 2. The number of H-pyrrole nitrogens is 1. The molecule has 0 aliphatic rings. The molecule has 160 valence electrons. The fraction of sp³-hybridized carbons (Fsp3) is 0.316. The minimum absolute atomic E-state index is 0.169. The highest BCUT2D eigenvalue weighted by molar-refractivity contribution is 7.17. The summed E-state index contributed by atoms with van der Waals surface area (Å²) in [6, 6.07) is 3.64. The second-order valence-electron chi connectivity index (χ2n) is 6.81. The van der Waals surface area contributed by atoms with E-state index in [1.165, 1.54) is 11.3 Å². The predicted octanol–water partition coefficient (Wildman–Crippen LogP) is 4.84. The van der Waals surface area contributed by atoms with Gasteiger partial charge >= 0.3 is 12.1 Å². The van der Waals surface area contributed by atoms with Crippen LogP contribution in [0.15, 0.2) is 34.4 Å². The van der Waals surface area contributed by atoms with Crippen molar-refractivity contribution in [3.8, 4) is 0 Å². The smallest absolute Gasteiger partial charge is 0.416 e. The standard InChI is InChI=1S/C19H17ClF3N3O3S/c1-9(2)15(25-12-4-3-10(7-11(12)20)19(21,22)23)18(28)29-8-14-24-13-5-6-30-16(13)17(27)26-14/h3-7,9,15,25H,8H2,1-2H3,(H,24,26,27). The van der Waals surface area contributed by atoms with Crippen LogP contribution in [0.5, 0.6) is 0 Å². The van der Waals surface area contributed by atoms with E-state index in [9.17, 15) is 22.8 Å². The lowest BCUT2D eigenvalue weighted by Crippen LogP contribution is -2.36. The van der Waals surface area contributed by atoms with E-state index in [2.05, 4.69) is 15.3 Å². The fourth-order valence-electron chi connectivity index (χ4n) is 2.69. The van der Waals surface area contributed by atoms with Crippen molar-refractivity contribution in [1.29, 1.82) is 0 Å². The first-order valence-corrected chi connectivity index (χ1v) is 10.1. The van der Waals surface area contributed by atoms with Crippen LogP contribution >= 0.6 is 22.9 Å². The number of esters is 1. The summed E-state index contributed by atoms with van der Waals surface area (Å²) >= 11 is 7.21. The molecule has 0 fully saturated rings. The van der Waals surface area contributed by atoms with Gasteiger partial charge in [-0.1, -0.05) is 25.4 Å². The van der Waals surface area contributed by atoms with E-state index < -0.39 is 23.8 Å². The molecule has 1 aromatic carbocycles. The third kappa shape index (κ3) is 4.93. The normalized spacial score (nSPS) is 12.9. The number of ether oxygens (including phenoxy) is 1. The topological polar surface area (TPSA) is 84.1 Å². The number of benzene rings is 1. The molecule has 2 heterocycles. The van der Waals surface area contributed by atoms with Crippen molar-refractivity contribution in [2.45, 2.75) is 32.7 Å². The lowest BCUT2D eigenvalue weighted by molar-refractivity contribution is -0.147. The molecule has 2 N–H and O–H groups in total. The lowest BCUT2D eigenvalue weighted by atomic mass is 10.0. The molecular formula is C19H17ClF3N3O3S. The Labute approximate surface area is 178 Å². The highest BCUT2D eigenvalue weighted by Gasteiger charge is 2.31. The average molecular weight is 460 g/mol. The molecule has 0 spiro atoms. The Balaban J connectivity index is 1.72. The molecule has 0 bridgehead atoms. The maximum absolute atomic E-state index is 12.8. The van der Waals surface area contributed by atoms with Gasteiger partial charge in [-0.25, -0.2) is 9.78 Å². The van der Waals surface area contributed by atoms with Gasteiger partial charge in [0.05, 0.1) is 21.8 Å². The molecule has 0 radical (unpaired) electrons. The molecule has 0 saturated heterocycles. The van der Waals surface area contributed by atoms with Gasteiger partial charge < -0.3 is 15.0 Å². The van der Waals surface area contributed by atoms with Crippen LogP contribution in [0.4, 0.5) is 18.9 Å². The van der Waals surface area contributed by atoms with Gasteiger partial charge in [-0.05, 0) is 35.6 Å². The van der Waals surface area contributed by atoms with Crippen molar-refractivity contribution < 1.29 is 22.7 Å². The Kier molecular flexibility index (Phi) is 6.37. The van der Waals surface area contributed by atoms with Gasteiger partial charge in [0.25, 0.3) is 5.56 Å². The minimum atomic E-state index is -4.52. The number of alkyl halides is 3. The highest BCUT2D eigenvalue weighted by atomic mass is 35.5. The zero-order valence-corrected chi connectivity index (χ0v) is 17.4. The average Bonchev–Trinajstić information content (AvgIpc) is 3.13. The van der Waals surface area contributed by atoms with Crippen LogP contribution in [0, 0.1) is 5.92 Å². The molecule has 0 aliphatic heterocycles. The SMILES string of the molecule is CC(C)C(Nc1ccc(C(F)(F)F)cc1Cl)C(=O)OCc1nc2ccsc2c(=O)[nH]1. The molecule has 3 aromatic rings. The van der Waals surface area contributed by atoms with Gasteiger partial charge in [0, 0.05) is 0 Å². The molecular weight excluding hydrogens is 443 g/mol. The zero-order chi connectivity index (χ0) is 22.1. The third-order valence-electron chi connectivity index (χ3n) is 4.24. The number of rotatable bonds is 6. The summed E-state index contributed by atoms with van der Waals surface area (Å²) in [7, 11) is 0. The number of aromatic amines is 1. The first-order chi connectivity index (χ1) is 14.1. The monoisotopic (exact) mass is 459 g/mol. The molecule has 0 amide bonds. The first kappa shape index (κ1) is 22.1. The van der Waals surface area contributed by atoms with Crippen LogP contribution in [-0.2, 0) is 22.3 Å². The molecule has 0 saturated carbocycles. The molecule has 2 aromatic heterocycles. The summed E-state index contributed by atoms with van der Waals surface area (Å²) in [6.07, 6.45) is -4.52. The molecule has 11 heteroatoms. The van der Waals surface area contributed by atoms with Gasteiger partial charge in [0.2, 0.25) is 0 Å². The number of fused-ring (bicyclic) bond motifs is 1. The van der Waals surface area contributed by atoms with Crippen LogP contribution in [-0.4, -0.2) is 22.0 Å². The zero-order valence-electron chi connectivity index (χ0n) is 15.8. The number of thiophene rings is 1. The number of aromatic nitrogens is 2. The van der Waals surface area contributed by atoms with Crippen molar-refractivity contribution in [3.05, 3.63) is 56.4 Å². The van der Waals surface area contributed by atoms with E-state index in [4.69, 9.17) is 16.3 Å². The van der Waals surface area contributed by atoms with Crippen molar-refractivity contribution in [1.82, 2.24) is 9.97 Å². The van der Waals surface area contributed by atoms with Gasteiger partial charge in [-0.3, -0.25) is 4.79 Å². The Bertz CT molecular complexity index is 1130. The van der Waals surface area contributed by atoms with Crippen LogP contribution in [0.2, 0.25) is 5.02 Å². The quantitative estimate of drug-likeness (QED) is 0.515. The van der Waals surface area contributed by atoms with Crippen LogP contribution in [0.25, 0.3) is 10.2 Å². The number of nitrogens with one attached hydrogen (secondary N) is 2. The molecule has 0 aliphatic carbocycles. The number of hydrogen-bond acceptors (Lipinski definition) is 6. The Morgan fingerprint density at radius 3 is 2.70 bits per heavy atom. The van der Waals surface area contributed by atoms with E-state index in [0.29, 0.717) is 10.2 Å². The van der Waals surface area contributed by atoms with Crippen molar-refractivity contribution in [2.75, 3.05) is 5.32 Å². The van der Waals surface area contributed by atoms with E-state index in [1.807, 2.05) is 0 Å². The summed E-state index contributed by atoms with van der Waals surface area (Å²) in [4.78, 5) is 31.4. The van der Waals surface area contributed by atoms with E-state index in [0.717, 1.165) is 18.2 Å². The number of halogens is 4. The summed E-state index contributed by atoms with van der Waals surface area (Å²) in [5.41, 5.74) is -0.534. The van der Waals surface area contributed by atoms with Crippen LogP contribution in [0.1, 0.15) is 25.2 Å². The Hall–Kier alpha value is -2.59. The number of nitrogens with zero attached hydrogens (tertiary/aromatic N) is 1. The van der Waals surface area contributed by atoms with E-state index >= 15 is 0 Å². The van der Waals surface area contributed by atoms with Crippen LogP contribution in [0.3, 0.4) is 0 Å². The lowest BCUT2D eigenvalue weighted by Gasteiger charge is -2.23. The van der Waals surface area contributed by atoms with E-state index in [-0.39, 0.29) is 34.6 Å². The first-order valence-electron chi connectivity index (χ1n) is 8.82. The third-order valence-corrected chi connectivity index (χ3v) is 5.46. The van der Waals surface area contributed by atoms with Gasteiger partial charge in [-0.15, -0.1) is 11.3 Å². The van der Waals surface area contributed by atoms with E-state index in [1.54, 1.807) is 25.3 Å². The second-order valence-corrected chi connectivity index (χ2v) is 8.14. The Morgan fingerprint density at radius 2 is 2.07 bits per heavy atom. The minimum Gasteiger partial charge on any atom is -0.456 e. The fourth-order valence-corrected chi connectivity index (χ4v) is 3.65.